The Labute approximate surface area is 187 Å². The molecular weight excluding hydrogens is 412 g/mol. The van der Waals surface area contributed by atoms with Crippen LogP contribution in [0.4, 0.5) is 5.82 Å². The second-order valence-electron chi connectivity index (χ2n) is 7.64. The van der Waals surface area contributed by atoms with E-state index in [2.05, 4.69) is 33.9 Å². The maximum atomic E-state index is 12.8. The number of hydrogen-bond donors (Lipinski definition) is 0. The summed E-state index contributed by atoms with van der Waals surface area (Å²) in [5.41, 5.74) is 1.19. The van der Waals surface area contributed by atoms with Crippen molar-refractivity contribution in [3.63, 3.8) is 0 Å². The highest BCUT2D eigenvalue weighted by molar-refractivity contribution is 6.30. The molecule has 2 heterocycles. The number of rotatable bonds is 6. The summed E-state index contributed by atoms with van der Waals surface area (Å²) in [5, 5.41) is 0.605. The van der Waals surface area contributed by atoms with E-state index in [0.717, 1.165) is 18.8 Å². The average molecular weight is 437 g/mol. The lowest BCUT2D eigenvalue weighted by molar-refractivity contribution is -0.133. The van der Waals surface area contributed by atoms with Gasteiger partial charge in [0.1, 0.15) is 17.9 Å². The molecule has 3 aromatic rings. The molecule has 0 saturated carbocycles. The number of anilines is 1. The number of halogens is 1. The Kier molecular flexibility index (Phi) is 6.67. The highest BCUT2D eigenvalue weighted by atomic mass is 35.5. The van der Waals surface area contributed by atoms with Gasteiger partial charge < -0.3 is 14.5 Å². The van der Waals surface area contributed by atoms with E-state index >= 15 is 0 Å². The molecule has 1 atom stereocenters. The third kappa shape index (κ3) is 5.52. The molecule has 0 N–H and O–H groups in total. The van der Waals surface area contributed by atoms with Crippen molar-refractivity contribution in [1.29, 1.82) is 0 Å². The summed E-state index contributed by atoms with van der Waals surface area (Å²) < 4.78 is 5.82. The molecule has 0 aliphatic carbocycles. The normalized spacial score (nSPS) is 16.3. The van der Waals surface area contributed by atoms with E-state index in [1.165, 1.54) is 11.9 Å². The number of aromatic nitrogens is 2. The van der Waals surface area contributed by atoms with Crippen LogP contribution < -0.4 is 9.64 Å². The Morgan fingerprint density at radius 1 is 1.10 bits per heavy atom. The minimum atomic E-state index is 0.101. The minimum absolute atomic E-state index is 0.101. The van der Waals surface area contributed by atoms with E-state index in [4.69, 9.17) is 16.3 Å². The van der Waals surface area contributed by atoms with Crippen LogP contribution in [0.25, 0.3) is 0 Å². The Morgan fingerprint density at radius 2 is 1.94 bits per heavy atom. The van der Waals surface area contributed by atoms with E-state index in [1.807, 2.05) is 41.3 Å². The molecule has 1 aromatic heterocycles. The van der Waals surface area contributed by atoms with Crippen LogP contribution in [0, 0.1) is 0 Å². The second-order valence-corrected chi connectivity index (χ2v) is 8.08. The van der Waals surface area contributed by atoms with Crippen molar-refractivity contribution in [2.24, 2.45) is 0 Å². The third-order valence-electron chi connectivity index (χ3n) is 5.39. The first-order chi connectivity index (χ1) is 15.1. The number of carbonyl (C=O) groups is 1. The zero-order chi connectivity index (χ0) is 21.6. The standard InChI is InChI=1S/C24H25ClN4O2/c1-18-16-28(12-13-29(18)24(30)11-10-19-6-3-2-4-7-19)22-15-23(27-17-26-22)31-21-9-5-8-20(25)14-21/h2-9,14-15,17-18H,10-13,16H2,1H3. The minimum Gasteiger partial charge on any atom is -0.439 e. The smallest absolute Gasteiger partial charge is 0.224 e. The van der Waals surface area contributed by atoms with Crippen molar-refractivity contribution in [3.05, 3.63) is 77.6 Å². The highest BCUT2D eigenvalue weighted by Crippen LogP contribution is 2.25. The Hall–Kier alpha value is -3.12. The van der Waals surface area contributed by atoms with Crippen molar-refractivity contribution in [2.75, 3.05) is 24.5 Å². The van der Waals surface area contributed by atoms with Gasteiger partial charge in [-0.25, -0.2) is 9.97 Å². The van der Waals surface area contributed by atoms with Crippen molar-refractivity contribution in [3.8, 4) is 11.6 Å². The SMILES string of the molecule is CC1CN(c2cc(Oc3cccc(Cl)c3)ncn2)CCN1C(=O)CCc1ccccc1. The van der Waals surface area contributed by atoms with Crippen LogP contribution >= 0.6 is 11.6 Å². The van der Waals surface area contributed by atoms with Gasteiger partial charge in [-0.15, -0.1) is 0 Å². The van der Waals surface area contributed by atoms with Gasteiger partial charge in [0.25, 0.3) is 0 Å². The van der Waals surface area contributed by atoms with Crippen LogP contribution in [0.2, 0.25) is 5.02 Å². The van der Waals surface area contributed by atoms with Crippen LogP contribution in [0.5, 0.6) is 11.6 Å². The predicted molar refractivity (Wildman–Crippen MR) is 122 cm³/mol. The monoisotopic (exact) mass is 436 g/mol. The molecule has 1 unspecified atom stereocenters. The lowest BCUT2D eigenvalue weighted by Gasteiger charge is -2.40. The molecule has 1 fully saturated rings. The fourth-order valence-corrected chi connectivity index (χ4v) is 3.97. The van der Waals surface area contributed by atoms with Gasteiger partial charge in [-0.2, -0.15) is 0 Å². The lowest BCUT2D eigenvalue weighted by Crippen LogP contribution is -2.54. The number of hydrogen-bond acceptors (Lipinski definition) is 5. The van der Waals surface area contributed by atoms with Crippen LogP contribution in [0.15, 0.2) is 67.0 Å². The number of carbonyl (C=O) groups excluding carboxylic acids is 1. The van der Waals surface area contributed by atoms with E-state index < -0.39 is 0 Å². The summed E-state index contributed by atoms with van der Waals surface area (Å²) in [7, 11) is 0. The zero-order valence-electron chi connectivity index (χ0n) is 17.4. The maximum absolute atomic E-state index is 12.8. The van der Waals surface area contributed by atoms with Crippen LogP contribution in [-0.4, -0.2) is 46.5 Å². The van der Waals surface area contributed by atoms with Crippen molar-refractivity contribution >= 4 is 23.3 Å². The van der Waals surface area contributed by atoms with E-state index in [9.17, 15) is 4.79 Å². The molecule has 0 spiro atoms. The van der Waals surface area contributed by atoms with Crippen LogP contribution in [0.1, 0.15) is 18.9 Å². The number of ether oxygens (including phenoxy) is 1. The first kappa shape index (κ1) is 21.1. The number of aryl methyl sites for hydroxylation is 1. The van der Waals surface area contributed by atoms with Gasteiger partial charge in [0.2, 0.25) is 11.8 Å². The van der Waals surface area contributed by atoms with Gasteiger partial charge in [0.15, 0.2) is 0 Å². The Morgan fingerprint density at radius 3 is 2.71 bits per heavy atom. The molecule has 31 heavy (non-hydrogen) atoms. The van der Waals surface area contributed by atoms with Gasteiger partial charge in [-0.3, -0.25) is 4.79 Å². The summed E-state index contributed by atoms with van der Waals surface area (Å²) in [6.07, 6.45) is 2.79. The first-order valence-corrected chi connectivity index (χ1v) is 10.8. The first-order valence-electron chi connectivity index (χ1n) is 10.4. The second kappa shape index (κ2) is 9.79. The molecule has 0 bridgehead atoms. The lowest BCUT2D eigenvalue weighted by atomic mass is 10.1. The fourth-order valence-electron chi connectivity index (χ4n) is 3.79. The van der Waals surface area contributed by atoms with Gasteiger partial charge in [0, 0.05) is 43.2 Å². The van der Waals surface area contributed by atoms with E-state index in [1.54, 1.807) is 12.1 Å². The molecule has 1 amide bonds. The van der Waals surface area contributed by atoms with Crippen molar-refractivity contribution in [1.82, 2.24) is 14.9 Å². The predicted octanol–water partition coefficient (Wildman–Crippen LogP) is 4.59. The van der Waals surface area contributed by atoms with E-state index in [-0.39, 0.29) is 11.9 Å². The van der Waals surface area contributed by atoms with Crippen LogP contribution in [-0.2, 0) is 11.2 Å². The summed E-state index contributed by atoms with van der Waals surface area (Å²) in [4.78, 5) is 25.5. The molecule has 1 aliphatic rings. The van der Waals surface area contributed by atoms with Crippen molar-refractivity contribution in [2.45, 2.75) is 25.8 Å². The Balaban J connectivity index is 1.35. The van der Waals surface area contributed by atoms with Gasteiger partial charge in [-0.1, -0.05) is 48.0 Å². The molecule has 4 rings (SSSR count). The molecule has 1 saturated heterocycles. The number of nitrogens with zero attached hydrogens (tertiary/aromatic N) is 4. The molecular formula is C24H25ClN4O2. The molecule has 160 valence electrons. The maximum Gasteiger partial charge on any atom is 0.224 e. The quantitative estimate of drug-likeness (QED) is 0.565. The summed E-state index contributed by atoms with van der Waals surface area (Å²) >= 11 is 6.02. The Bertz CT molecular complexity index is 1030. The molecule has 0 radical (unpaired) electrons. The fraction of sp³-hybridized carbons (Fsp3) is 0.292. The average Bonchev–Trinajstić information content (AvgIpc) is 2.78. The van der Waals surface area contributed by atoms with Gasteiger partial charge in [-0.05, 0) is 37.1 Å². The molecule has 7 heteroatoms. The number of piperazine rings is 1. The van der Waals surface area contributed by atoms with Crippen molar-refractivity contribution < 1.29 is 9.53 Å². The largest absolute Gasteiger partial charge is 0.439 e. The number of amides is 1. The number of benzene rings is 2. The molecule has 2 aromatic carbocycles. The molecule has 6 nitrogen and oxygen atoms in total. The zero-order valence-corrected chi connectivity index (χ0v) is 18.2. The summed E-state index contributed by atoms with van der Waals surface area (Å²) in [5.74, 6) is 2.07. The third-order valence-corrected chi connectivity index (χ3v) is 5.62. The van der Waals surface area contributed by atoms with E-state index in [0.29, 0.717) is 36.2 Å². The topological polar surface area (TPSA) is 58.6 Å². The summed E-state index contributed by atoms with van der Waals surface area (Å²) in [6.45, 7) is 4.18. The highest BCUT2D eigenvalue weighted by Gasteiger charge is 2.28. The molecule has 1 aliphatic heterocycles. The summed E-state index contributed by atoms with van der Waals surface area (Å²) in [6, 6.07) is 19.2. The van der Waals surface area contributed by atoms with Crippen LogP contribution in [0.3, 0.4) is 0 Å². The van der Waals surface area contributed by atoms with Gasteiger partial charge in [0.05, 0.1) is 0 Å². The van der Waals surface area contributed by atoms with Gasteiger partial charge >= 0.3 is 0 Å².